The molecule has 1 unspecified atom stereocenters. The van der Waals surface area contributed by atoms with Crippen molar-refractivity contribution in [3.8, 4) is 11.8 Å². The predicted octanol–water partition coefficient (Wildman–Crippen LogP) is 4.82. The molecule has 0 saturated carbocycles. The van der Waals surface area contributed by atoms with Crippen molar-refractivity contribution in [1.29, 1.82) is 5.26 Å². The highest BCUT2D eigenvalue weighted by atomic mass is 79.9. The van der Waals surface area contributed by atoms with Gasteiger partial charge in [0.05, 0.1) is 36.3 Å². The normalized spacial score (nSPS) is 19.1. The second-order valence-electron chi connectivity index (χ2n) is 6.73. The highest BCUT2D eigenvalue weighted by Crippen LogP contribution is 2.45. The molecule has 1 atom stereocenters. The van der Waals surface area contributed by atoms with E-state index in [2.05, 4.69) is 22.0 Å². The number of benzene rings is 2. The van der Waals surface area contributed by atoms with E-state index in [-0.39, 0.29) is 24.1 Å². The lowest BCUT2D eigenvalue weighted by atomic mass is 9.86. The SMILES string of the molecule is COc1ccc(Br)cc1C1CC(=O)N2CN(c3ccc(F)cc3)CSC2=C1C#N. The van der Waals surface area contributed by atoms with Gasteiger partial charge in [0, 0.05) is 28.1 Å². The Bertz CT molecular complexity index is 1040. The Balaban J connectivity index is 1.70. The predicted molar refractivity (Wildman–Crippen MR) is 114 cm³/mol. The molecule has 2 aromatic rings. The first kappa shape index (κ1) is 19.8. The van der Waals surface area contributed by atoms with Gasteiger partial charge in [-0.15, -0.1) is 0 Å². The highest BCUT2D eigenvalue weighted by molar-refractivity contribution is 9.10. The summed E-state index contributed by atoms with van der Waals surface area (Å²) in [7, 11) is 1.58. The third kappa shape index (κ3) is 3.72. The lowest BCUT2D eigenvalue weighted by molar-refractivity contribution is -0.129. The number of ether oxygens (including phenoxy) is 1. The number of halogens is 2. The largest absolute Gasteiger partial charge is 0.496 e. The van der Waals surface area contributed by atoms with Crippen LogP contribution >= 0.6 is 27.7 Å². The zero-order valence-corrected chi connectivity index (χ0v) is 18.0. The van der Waals surface area contributed by atoms with Gasteiger partial charge in [-0.25, -0.2) is 4.39 Å². The summed E-state index contributed by atoms with van der Waals surface area (Å²) in [4.78, 5) is 16.7. The summed E-state index contributed by atoms with van der Waals surface area (Å²) in [6.45, 7) is 0.334. The minimum Gasteiger partial charge on any atom is -0.496 e. The second-order valence-corrected chi connectivity index (χ2v) is 8.58. The van der Waals surface area contributed by atoms with Crippen molar-refractivity contribution in [3.63, 3.8) is 0 Å². The fraction of sp³-hybridized carbons (Fsp3) is 0.238. The Morgan fingerprint density at radius 3 is 2.72 bits per heavy atom. The molecule has 148 valence electrons. The Kier molecular flexibility index (Phi) is 5.52. The van der Waals surface area contributed by atoms with E-state index in [1.54, 1.807) is 24.1 Å². The Morgan fingerprint density at radius 2 is 2.03 bits per heavy atom. The van der Waals surface area contributed by atoms with E-state index < -0.39 is 0 Å². The first-order valence-electron chi connectivity index (χ1n) is 8.93. The van der Waals surface area contributed by atoms with Gasteiger partial charge < -0.3 is 9.64 Å². The van der Waals surface area contributed by atoms with Crippen molar-refractivity contribution in [2.24, 2.45) is 0 Å². The van der Waals surface area contributed by atoms with E-state index in [0.717, 1.165) is 15.7 Å². The fourth-order valence-electron chi connectivity index (χ4n) is 3.62. The second kappa shape index (κ2) is 8.09. The van der Waals surface area contributed by atoms with Crippen LogP contribution < -0.4 is 9.64 Å². The van der Waals surface area contributed by atoms with Gasteiger partial charge >= 0.3 is 0 Å². The molecule has 2 heterocycles. The molecule has 0 bridgehead atoms. The maximum Gasteiger partial charge on any atom is 0.229 e. The molecule has 1 fully saturated rings. The number of rotatable bonds is 3. The Labute approximate surface area is 180 Å². The molecule has 0 aliphatic carbocycles. The maximum absolute atomic E-state index is 13.2. The zero-order valence-electron chi connectivity index (χ0n) is 15.6. The van der Waals surface area contributed by atoms with Crippen LogP contribution in [0.5, 0.6) is 5.75 Å². The molecular formula is C21H17BrFN3O2S. The average molecular weight is 474 g/mol. The number of methoxy groups -OCH3 is 1. The standard InChI is InChI=1S/C21H17BrFN3O2S/c1-28-19-7-2-13(22)8-17(19)16-9-20(27)26-11-25(12-29-21(26)18(16)10-24)15-5-3-14(23)4-6-15/h2-8,16H,9,11-12H2,1H3. The van der Waals surface area contributed by atoms with Gasteiger partial charge in [0.1, 0.15) is 11.6 Å². The van der Waals surface area contributed by atoms with E-state index in [0.29, 0.717) is 28.9 Å². The molecule has 4 rings (SSSR count). The van der Waals surface area contributed by atoms with E-state index in [9.17, 15) is 14.4 Å². The number of fused-ring (bicyclic) bond motifs is 1. The third-order valence-corrected chi connectivity index (χ3v) is 6.70. The van der Waals surface area contributed by atoms with Gasteiger partial charge in [-0.3, -0.25) is 9.69 Å². The molecule has 0 N–H and O–H groups in total. The number of allylic oxidation sites excluding steroid dienone is 1. The topological polar surface area (TPSA) is 56.6 Å². The van der Waals surface area contributed by atoms with Crippen LogP contribution in [0, 0.1) is 17.1 Å². The van der Waals surface area contributed by atoms with Crippen molar-refractivity contribution in [2.45, 2.75) is 12.3 Å². The molecule has 0 spiro atoms. The number of nitrogens with zero attached hydrogens (tertiary/aromatic N) is 3. The quantitative estimate of drug-likeness (QED) is 0.639. The van der Waals surface area contributed by atoms with Crippen LogP contribution in [0.25, 0.3) is 0 Å². The van der Waals surface area contributed by atoms with Crippen LogP contribution in [0.3, 0.4) is 0 Å². The summed E-state index contributed by atoms with van der Waals surface area (Å²) in [5, 5.41) is 10.6. The van der Waals surface area contributed by atoms with Crippen LogP contribution in [0.2, 0.25) is 0 Å². The van der Waals surface area contributed by atoms with E-state index >= 15 is 0 Å². The maximum atomic E-state index is 13.2. The molecule has 8 heteroatoms. The fourth-order valence-corrected chi connectivity index (χ4v) is 5.17. The Hall–Kier alpha value is -2.50. The lowest BCUT2D eigenvalue weighted by Crippen LogP contribution is -2.47. The summed E-state index contributed by atoms with van der Waals surface area (Å²) < 4.78 is 19.6. The summed E-state index contributed by atoms with van der Waals surface area (Å²) in [5.74, 6) is 0.520. The lowest BCUT2D eigenvalue weighted by Gasteiger charge is -2.42. The number of hydrogen-bond donors (Lipinski definition) is 0. The van der Waals surface area contributed by atoms with Gasteiger partial charge in [0.25, 0.3) is 0 Å². The van der Waals surface area contributed by atoms with Crippen molar-refractivity contribution < 1.29 is 13.9 Å². The van der Waals surface area contributed by atoms with Crippen LogP contribution in [0.15, 0.2) is 57.5 Å². The van der Waals surface area contributed by atoms with Gasteiger partial charge in [0.2, 0.25) is 5.91 Å². The average Bonchev–Trinajstić information content (AvgIpc) is 2.74. The van der Waals surface area contributed by atoms with E-state index in [1.807, 2.05) is 23.1 Å². The number of thioether (sulfide) groups is 1. The number of carbonyl (C=O) groups is 1. The van der Waals surface area contributed by atoms with Gasteiger partial charge in [-0.1, -0.05) is 27.7 Å². The third-order valence-electron chi connectivity index (χ3n) is 5.05. The molecule has 1 saturated heterocycles. The van der Waals surface area contributed by atoms with E-state index in [1.165, 1.54) is 23.9 Å². The van der Waals surface area contributed by atoms with Gasteiger partial charge in [0.15, 0.2) is 0 Å². The van der Waals surface area contributed by atoms with Gasteiger partial charge in [-0.05, 0) is 42.5 Å². The molecule has 0 aromatic heterocycles. The van der Waals surface area contributed by atoms with Crippen LogP contribution in [-0.2, 0) is 4.79 Å². The summed E-state index contributed by atoms with van der Waals surface area (Å²) in [6, 6.07) is 14.1. The Morgan fingerprint density at radius 1 is 1.28 bits per heavy atom. The number of hydrogen-bond acceptors (Lipinski definition) is 5. The molecular weight excluding hydrogens is 457 g/mol. The first-order chi connectivity index (χ1) is 14.0. The minimum atomic E-state index is -0.351. The molecule has 0 radical (unpaired) electrons. The first-order valence-corrected chi connectivity index (χ1v) is 10.7. The highest BCUT2D eigenvalue weighted by Gasteiger charge is 2.39. The van der Waals surface area contributed by atoms with Crippen molar-refractivity contribution in [2.75, 3.05) is 24.6 Å². The van der Waals surface area contributed by atoms with Crippen molar-refractivity contribution >= 4 is 39.3 Å². The number of carbonyl (C=O) groups excluding carboxylic acids is 1. The minimum absolute atomic E-state index is 0.0506. The zero-order chi connectivity index (χ0) is 20.5. The van der Waals surface area contributed by atoms with Crippen molar-refractivity contribution in [1.82, 2.24) is 4.90 Å². The number of nitriles is 1. The summed E-state index contributed by atoms with van der Waals surface area (Å²) >= 11 is 4.92. The summed E-state index contributed by atoms with van der Waals surface area (Å²) in [5.41, 5.74) is 2.23. The van der Waals surface area contributed by atoms with Crippen LogP contribution in [0.1, 0.15) is 17.9 Å². The van der Waals surface area contributed by atoms with Gasteiger partial charge in [-0.2, -0.15) is 5.26 Å². The molecule has 2 aromatic carbocycles. The molecule has 2 aliphatic heterocycles. The number of amides is 1. The monoisotopic (exact) mass is 473 g/mol. The van der Waals surface area contributed by atoms with E-state index in [4.69, 9.17) is 4.74 Å². The number of anilines is 1. The molecule has 29 heavy (non-hydrogen) atoms. The molecule has 5 nitrogen and oxygen atoms in total. The van der Waals surface area contributed by atoms with Crippen LogP contribution in [0.4, 0.5) is 10.1 Å². The molecule has 2 aliphatic rings. The molecule has 1 amide bonds. The van der Waals surface area contributed by atoms with Crippen molar-refractivity contribution in [3.05, 3.63) is 68.9 Å². The smallest absolute Gasteiger partial charge is 0.229 e. The summed E-state index contributed by atoms with van der Waals surface area (Å²) in [6.07, 6.45) is 0.191. The van der Waals surface area contributed by atoms with Crippen LogP contribution in [-0.4, -0.2) is 30.5 Å².